The van der Waals surface area contributed by atoms with Crippen LogP contribution in [0.25, 0.3) is 0 Å². The molecule has 86 valence electrons. The van der Waals surface area contributed by atoms with Gasteiger partial charge in [0, 0.05) is 12.8 Å². The van der Waals surface area contributed by atoms with E-state index in [-0.39, 0.29) is 5.79 Å². The first-order valence-electron chi connectivity index (χ1n) is 6.12. The van der Waals surface area contributed by atoms with E-state index < -0.39 is 0 Å². The molecular formula is C14H18O2. The van der Waals surface area contributed by atoms with E-state index in [1.165, 1.54) is 11.1 Å². The molecule has 2 heterocycles. The smallest absolute Gasteiger partial charge is 0.172 e. The molecule has 2 atom stereocenters. The van der Waals surface area contributed by atoms with Crippen molar-refractivity contribution in [2.75, 3.05) is 6.61 Å². The Balaban J connectivity index is 1.86. The summed E-state index contributed by atoms with van der Waals surface area (Å²) < 4.78 is 11.9. The largest absolute Gasteiger partial charge is 0.350 e. The summed E-state index contributed by atoms with van der Waals surface area (Å²) in [5, 5.41) is 0. The van der Waals surface area contributed by atoms with Gasteiger partial charge >= 0.3 is 0 Å². The summed E-state index contributed by atoms with van der Waals surface area (Å²) in [6, 6.07) is 8.52. The molecule has 1 aromatic rings. The van der Waals surface area contributed by atoms with Crippen molar-refractivity contribution >= 4 is 0 Å². The Kier molecular flexibility index (Phi) is 2.49. The minimum absolute atomic E-state index is 0.327. The topological polar surface area (TPSA) is 18.5 Å². The summed E-state index contributed by atoms with van der Waals surface area (Å²) in [5.74, 6) is 0.380. The fourth-order valence-corrected chi connectivity index (χ4v) is 2.78. The molecular weight excluding hydrogens is 200 g/mol. The zero-order chi connectivity index (χ0) is 11.0. The number of ether oxygens (including phenoxy) is 2. The fraction of sp³-hybridized carbons (Fsp3) is 0.571. The zero-order valence-corrected chi connectivity index (χ0v) is 9.74. The molecule has 1 saturated heterocycles. The van der Waals surface area contributed by atoms with Gasteiger partial charge in [-0.3, -0.25) is 0 Å². The molecule has 0 unspecified atom stereocenters. The van der Waals surface area contributed by atoms with Crippen LogP contribution in [0.1, 0.15) is 30.9 Å². The van der Waals surface area contributed by atoms with Crippen LogP contribution in [0.3, 0.4) is 0 Å². The van der Waals surface area contributed by atoms with Crippen molar-refractivity contribution in [3.8, 4) is 0 Å². The Morgan fingerprint density at radius 3 is 2.81 bits per heavy atom. The van der Waals surface area contributed by atoms with Crippen LogP contribution >= 0.6 is 0 Å². The summed E-state index contributed by atoms with van der Waals surface area (Å²) in [6.45, 7) is 3.82. The van der Waals surface area contributed by atoms with Gasteiger partial charge in [0.15, 0.2) is 5.79 Å². The van der Waals surface area contributed by atoms with Crippen molar-refractivity contribution in [2.45, 2.75) is 38.6 Å². The monoisotopic (exact) mass is 218 g/mol. The maximum atomic E-state index is 5.98. The van der Waals surface area contributed by atoms with E-state index in [9.17, 15) is 0 Å². The highest BCUT2D eigenvalue weighted by Crippen LogP contribution is 2.37. The van der Waals surface area contributed by atoms with Crippen LogP contribution in [0, 0.1) is 5.92 Å². The second kappa shape index (κ2) is 3.86. The molecule has 1 fully saturated rings. The lowest BCUT2D eigenvalue weighted by Gasteiger charge is -2.42. The summed E-state index contributed by atoms with van der Waals surface area (Å²) in [5.41, 5.74) is 2.71. The van der Waals surface area contributed by atoms with Crippen LogP contribution in [-0.4, -0.2) is 12.4 Å². The first kappa shape index (κ1) is 10.3. The first-order chi connectivity index (χ1) is 7.77. The highest BCUT2D eigenvalue weighted by Gasteiger charge is 2.40. The highest BCUT2D eigenvalue weighted by atomic mass is 16.7. The zero-order valence-electron chi connectivity index (χ0n) is 9.74. The van der Waals surface area contributed by atoms with Gasteiger partial charge in [-0.1, -0.05) is 31.2 Å². The number of benzene rings is 1. The van der Waals surface area contributed by atoms with E-state index in [2.05, 4.69) is 31.2 Å². The minimum Gasteiger partial charge on any atom is -0.350 e. The van der Waals surface area contributed by atoms with Crippen molar-refractivity contribution in [3.05, 3.63) is 35.4 Å². The van der Waals surface area contributed by atoms with Gasteiger partial charge < -0.3 is 9.47 Å². The number of hydrogen-bond donors (Lipinski definition) is 0. The van der Waals surface area contributed by atoms with E-state index >= 15 is 0 Å². The maximum absolute atomic E-state index is 5.98. The summed E-state index contributed by atoms with van der Waals surface area (Å²) in [4.78, 5) is 0. The molecule has 0 aromatic heterocycles. The Labute approximate surface area is 96.6 Å². The van der Waals surface area contributed by atoms with E-state index in [1.54, 1.807) is 0 Å². The van der Waals surface area contributed by atoms with E-state index in [4.69, 9.17) is 9.47 Å². The first-order valence-corrected chi connectivity index (χ1v) is 6.12. The van der Waals surface area contributed by atoms with Crippen molar-refractivity contribution in [3.63, 3.8) is 0 Å². The normalized spacial score (nSPS) is 33.7. The van der Waals surface area contributed by atoms with Gasteiger partial charge in [0.2, 0.25) is 0 Å². The lowest BCUT2D eigenvalue weighted by Crippen LogP contribution is -2.45. The summed E-state index contributed by atoms with van der Waals surface area (Å²) >= 11 is 0. The fourth-order valence-electron chi connectivity index (χ4n) is 2.78. The Bertz CT molecular complexity index is 388. The van der Waals surface area contributed by atoms with Gasteiger partial charge in [0.05, 0.1) is 13.2 Å². The maximum Gasteiger partial charge on any atom is 0.172 e. The molecule has 0 bridgehead atoms. The molecule has 1 aromatic carbocycles. The molecule has 0 N–H and O–H groups in total. The van der Waals surface area contributed by atoms with Crippen molar-refractivity contribution in [2.24, 2.45) is 5.92 Å². The van der Waals surface area contributed by atoms with Crippen molar-refractivity contribution in [1.82, 2.24) is 0 Å². The molecule has 2 aliphatic rings. The van der Waals surface area contributed by atoms with Crippen LogP contribution in [0.5, 0.6) is 0 Å². The van der Waals surface area contributed by atoms with Gasteiger partial charge in [-0.25, -0.2) is 0 Å². The van der Waals surface area contributed by atoms with E-state index in [0.717, 1.165) is 25.9 Å². The summed E-state index contributed by atoms with van der Waals surface area (Å²) in [6.07, 6.45) is 3.10. The van der Waals surface area contributed by atoms with E-state index in [1.807, 2.05) is 0 Å². The molecule has 3 rings (SSSR count). The van der Waals surface area contributed by atoms with Crippen LogP contribution < -0.4 is 0 Å². The molecule has 2 aliphatic heterocycles. The molecule has 0 saturated carbocycles. The molecule has 0 aliphatic carbocycles. The number of hydrogen-bond acceptors (Lipinski definition) is 2. The lowest BCUT2D eigenvalue weighted by molar-refractivity contribution is -0.274. The predicted molar refractivity (Wildman–Crippen MR) is 62.0 cm³/mol. The second-order valence-corrected chi connectivity index (χ2v) is 5.09. The van der Waals surface area contributed by atoms with Crippen LogP contribution in [0.2, 0.25) is 0 Å². The lowest BCUT2D eigenvalue weighted by atomic mass is 9.87. The van der Waals surface area contributed by atoms with Gasteiger partial charge in [-0.2, -0.15) is 0 Å². The Hall–Kier alpha value is -0.860. The molecule has 16 heavy (non-hydrogen) atoms. The number of fused-ring (bicyclic) bond motifs is 1. The van der Waals surface area contributed by atoms with Crippen LogP contribution in [0.15, 0.2) is 24.3 Å². The SMILES string of the molecule is C[C@@H]1CCO[C@@]2(Cc3ccccc3CO2)C1. The third-order valence-corrected chi connectivity index (χ3v) is 3.70. The van der Waals surface area contributed by atoms with Gasteiger partial charge in [0.25, 0.3) is 0 Å². The molecule has 2 nitrogen and oxygen atoms in total. The molecule has 0 amide bonds. The minimum atomic E-state index is -0.327. The average molecular weight is 218 g/mol. The van der Waals surface area contributed by atoms with Crippen molar-refractivity contribution in [1.29, 1.82) is 0 Å². The van der Waals surface area contributed by atoms with Gasteiger partial charge in [-0.15, -0.1) is 0 Å². The number of rotatable bonds is 0. The average Bonchev–Trinajstić information content (AvgIpc) is 2.28. The molecule has 1 spiro atoms. The third kappa shape index (κ3) is 1.76. The Morgan fingerprint density at radius 1 is 1.19 bits per heavy atom. The van der Waals surface area contributed by atoms with E-state index in [0.29, 0.717) is 12.5 Å². The summed E-state index contributed by atoms with van der Waals surface area (Å²) in [7, 11) is 0. The van der Waals surface area contributed by atoms with Crippen molar-refractivity contribution < 1.29 is 9.47 Å². The van der Waals surface area contributed by atoms with Crippen LogP contribution in [0.4, 0.5) is 0 Å². The predicted octanol–water partition coefficient (Wildman–Crippen LogP) is 2.90. The van der Waals surface area contributed by atoms with Gasteiger partial charge in [-0.05, 0) is 23.5 Å². The highest BCUT2D eigenvalue weighted by molar-refractivity contribution is 5.29. The Morgan fingerprint density at radius 2 is 2.00 bits per heavy atom. The van der Waals surface area contributed by atoms with Gasteiger partial charge in [0.1, 0.15) is 0 Å². The molecule has 2 heteroatoms. The van der Waals surface area contributed by atoms with Crippen LogP contribution in [-0.2, 0) is 22.5 Å². The quantitative estimate of drug-likeness (QED) is 0.666. The molecule has 0 radical (unpaired) electrons. The standard InChI is InChI=1S/C14H18O2/c1-11-6-7-15-14(8-11)9-12-4-2-3-5-13(12)10-16-14/h2-5,11H,6-10H2,1H3/t11-,14+/m1/s1. The second-order valence-electron chi connectivity index (χ2n) is 5.09. The third-order valence-electron chi connectivity index (χ3n) is 3.70.